The molecule has 2 aromatic carbocycles. The molecule has 20 heavy (non-hydrogen) atoms. The quantitative estimate of drug-likeness (QED) is 0.854. The van der Waals surface area contributed by atoms with Crippen LogP contribution in [0.5, 0.6) is 0 Å². The Morgan fingerprint density at radius 3 is 2.40 bits per heavy atom. The lowest BCUT2D eigenvalue weighted by Gasteiger charge is -2.11. The highest BCUT2D eigenvalue weighted by molar-refractivity contribution is 7.92. The molecule has 0 saturated carbocycles. The Morgan fingerprint density at radius 1 is 1.10 bits per heavy atom. The molecule has 106 valence electrons. The van der Waals surface area contributed by atoms with Gasteiger partial charge >= 0.3 is 0 Å². The van der Waals surface area contributed by atoms with Gasteiger partial charge in [0.1, 0.15) is 0 Å². The minimum absolute atomic E-state index is 0.109. The van der Waals surface area contributed by atoms with E-state index in [1.54, 1.807) is 24.3 Å². The van der Waals surface area contributed by atoms with Gasteiger partial charge in [-0.2, -0.15) is 0 Å². The first-order valence-electron chi connectivity index (χ1n) is 5.95. The van der Waals surface area contributed by atoms with Gasteiger partial charge in [-0.3, -0.25) is 4.72 Å². The summed E-state index contributed by atoms with van der Waals surface area (Å²) in [5.41, 5.74) is 8.31. The second-order valence-corrected chi connectivity index (χ2v) is 6.70. The molecule has 0 amide bonds. The second kappa shape index (κ2) is 5.34. The number of rotatable bonds is 3. The van der Waals surface area contributed by atoms with Crippen LogP contribution in [0.4, 0.5) is 11.4 Å². The van der Waals surface area contributed by atoms with Gasteiger partial charge in [0, 0.05) is 5.69 Å². The number of benzene rings is 2. The molecule has 0 fully saturated rings. The smallest absolute Gasteiger partial charge is 0.262 e. The largest absolute Gasteiger partial charge is 0.398 e. The predicted molar refractivity (Wildman–Crippen MR) is 82.6 cm³/mol. The van der Waals surface area contributed by atoms with E-state index in [0.29, 0.717) is 16.4 Å². The van der Waals surface area contributed by atoms with Crippen LogP contribution in [0.25, 0.3) is 0 Å². The highest BCUT2D eigenvalue weighted by atomic mass is 35.5. The Bertz CT molecular complexity index is 758. The summed E-state index contributed by atoms with van der Waals surface area (Å²) < 4.78 is 27.0. The molecule has 3 N–H and O–H groups in total. The molecule has 0 bridgehead atoms. The Morgan fingerprint density at radius 2 is 1.80 bits per heavy atom. The van der Waals surface area contributed by atoms with Crippen molar-refractivity contribution in [2.45, 2.75) is 18.7 Å². The van der Waals surface area contributed by atoms with E-state index in [4.69, 9.17) is 17.3 Å². The first-order valence-corrected chi connectivity index (χ1v) is 7.81. The average molecular weight is 311 g/mol. The minimum Gasteiger partial charge on any atom is -0.398 e. The normalized spacial score (nSPS) is 11.3. The molecule has 2 rings (SSSR count). The lowest BCUT2D eigenvalue weighted by atomic mass is 10.2. The summed E-state index contributed by atoms with van der Waals surface area (Å²) in [7, 11) is -3.70. The fourth-order valence-electron chi connectivity index (χ4n) is 1.69. The van der Waals surface area contributed by atoms with E-state index in [-0.39, 0.29) is 4.90 Å². The van der Waals surface area contributed by atoms with Crippen molar-refractivity contribution in [3.63, 3.8) is 0 Å². The SMILES string of the molecule is Cc1ccc(NS(=O)(=O)c2ccc(C)c(N)c2)c(Cl)c1. The van der Waals surface area contributed by atoms with Crippen LogP contribution in [-0.2, 0) is 10.0 Å². The number of hydrogen-bond acceptors (Lipinski definition) is 3. The number of anilines is 2. The van der Waals surface area contributed by atoms with Gasteiger partial charge in [0.2, 0.25) is 0 Å². The molecule has 0 radical (unpaired) electrons. The maximum absolute atomic E-state index is 12.3. The summed E-state index contributed by atoms with van der Waals surface area (Å²) in [5, 5.41) is 0.355. The van der Waals surface area contributed by atoms with Crippen molar-refractivity contribution < 1.29 is 8.42 Å². The van der Waals surface area contributed by atoms with Gasteiger partial charge < -0.3 is 5.73 Å². The van der Waals surface area contributed by atoms with Crippen LogP contribution in [0.1, 0.15) is 11.1 Å². The average Bonchev–Trinajstić information content (AvgIpc) is 2.36. The van der Waals surface area contributed by atoms with Gasteiger partial charge in [0.25, 0.3) is 10.0 Å². The molecule has 0 heterocycles. The van der Waals surface area contributed by atoms with Gasteiger partial charge in [-0.15, -0.1) is 0 Å². The molecule has 0 atom stereocenters. The Balaban J connectivity index is 2.38. The molecular weight excluding hydrogens is 296 g/mol. The predicted octanol–water partition coefficient (Wildman–Crippen LogP) is 3.34. The van der Waals surface area contributed by atoms with Crippen LogP contribution < -0.4 is 10.5 Å². The Kier molecular flexibility index (Phi) is 3.92. The first-order chi connectivity index (χ1) is 9.29. The molecular formula is C14H15ClN2O2S. The van der Waals surface area contributed by atoms with E-state index in [1.807, 2.05) is 13.8 Å². The van der Waals surface area contributed by atoms with Gasteiger partial charge in [-0.05, 0) is 49.2 Å². The van der Waals surface area contributed by atoms with E-state index >= 15 is 0 Å². The number of sulfonamides is 1. The van der Waals surface area contributed by atoms with Crippen LogP contribution in [-0.4, -0.2) is 8.42 Å². The monoisotopic (exact) mass is 310 g/mol. The van der Waals surface area contributed by atoms with Gasteiger partial charge in [0.05, 0.1) is 15.6 Å². The zero-order valence-electron chi connectivity index (χ0n) is 11.1. The van der Waals surface area contributed by atoms with Crippen LogP contribution in [0.15, 0.2) is 41.3 Å². The van der Waals surface area contributed by atoms with Crippen molar-refractivity contribution in [1.29, 1.82) is 0 Å². The zero-order chi connectivity index (χ0) is 14.9. The van der Waals surface area contributed by atoms with Gasteiger partial charge in [-0.25, -0.2) is 8.42 Å². The van der Waals surface area contributed by atoms with E-state index in [1.165, 1.54) is 12.1 Å². The number of nitrogen functional groups attached to an aromatic ring is 1. The molecule has 0 saturated heterocycles. The molecule has 4 nitrogen and oxygen atoms in total. The van der Waals surface area contributed by atoms with Crippen LogP contribution in [0.3, 0.4) is 0 Å². The highest BCUT2D eigenvalue weighted by Crippen LogP contribution is 2.26. The fourth-order valence-corrected chi connectivity index (χ4v) is 3.15. The highest BCUT2D eigenvalue weighted by Gasteiger charge is 2.16. The third-order valence-electron chi connectivity index (χ3n) is 2.93. The number of nitrogens with two attached hydrogens (primary N) is 1. The number of aryl methyl sites for hydroxylation is 2. The van der Waals surface area contributed by atoms with E-state index in [2.05, 4.69) is 4.72 Å². The number of halogens is 1. The maximum atomic E-state index is 12.3. The Labute approximate surface area is 123 Å². The summed E-state index contributed by atoms with van der Waals surface area (Å²) >= 11 is 6.03. The molecule has 0 aliphatic carbocycles. The van der Waals surface area contributed by atoms with E-state index in [9.17, 15) is 8.42 Å². The molecule has 0 aliphatic rings. The van der Waals surface area contributed by atoms with Crippen molar-refractivity contribution in [1.82, 2.24) is 0 Å². The topological polar surface area (TPSA) is 72.2 Å². The van der Waals surface area contributed by atoms with Crippen molar-refractivity contribution in [3.05, 3.63) is 52.5 Å². The summed E-state index contributed by atoms with van der Waals surface area (Å²) in [6.07, 6.45) is 0. The third kappa shape index (κ3) is 3.05. The third-order valence-corrected chi connectivity index (χ3v) is 4.61. The summed E-state index contributed by atoms with van der Waals surface area (Å²) in [5.74, 6) is 0. The Hall–Kier alpha value is -1.72. The maximum Gasteiger partial charge on any atom is 0.262 e. The van der Waals surface area contributed by atoms with Crippen molar-refractivity contribution in [3.8, 4) is 0 Å². The number of hydrogen-bond donors (Lipinski definition) is 2. The van der Waals surface area contributed by atoms with Crippen LogP contribution in [0, 0.1) is 13.8 Å². The first kappa shape index (κ1) is 14.7. The molecule has 0 unspecified atom stereocenters. The van der Waals surface area contributed by atoms with E-state index in [0.717, 1.165) is 11.1 Å². The van der Waals surface area contributed by atoms with Crippen LogP contribution >= 0.6 is 11.6 Å². The van der Waals surface area contributed by atoms with Gasteiger partial charge in [-0.1, -0.05) is 23.7 Å². The molecule has 0 aromatic heterocycles. The summed E-state index contributed by atoms with van der Waals surface area (Å²) in [6.45, 7) is 3.70. The molecule has 6 heteroatoms. The lowest BCUT2D eigenvalue weighted by molar-refractivity contribution is 0.601. The lowest BCUT2D eigenvalue weighted by Crippen LogP contribution is -2.13. The fraction of sp³-hybridized carbons (Fsp3) is 0.143. The van der Waals surface area contributed by atoms with E-state index < -0.39 is 10.0 Å². The van der Waals surface area contributed by atoms with Crippen LogP contribution in [0.2, 0.25) is 5.02 Å². The standard InChI is InChI=1S/C14H15ClN2O2S/c1-9-3-6-14(12(15)7-9)17-20(18,19)11-5-4-10(2)13(16)8-11/h3-8,17H,16H2,1-2H3. The molecule has 0 aliphatic heterocycles. The second-order valence-electron chi connectivity index (χ2n) is 4.61. The minimum atomic E-state index is -3.70. The number of nitrogens with one attached hydrogen (secondary N) is 1. The summed E-state index contributed by atoms with van der Waals surface area (Å²) in [4.78, 5) is 0.109. The zero-order valence-corrected chi connectivity index (χ0v) is 12.7. The summed E-state index contributed by atoms with van der Waals surface area (Å²) in [6, 6.07) is 9.72. The van der Waals surface area contributed by atoms with Gasteiger partial charge in [0.15, 0.2) is 0 Å². The molecule has 2 aromatic rings. The molecule has 0 spiro atoms. The van der Waals surface area contributed by atoms with Crippen molar-refractivity contribution in [2.24, 2.45) is 0 Å². The van der Waals surface area contributed by atoms with Crippen molar-refractivity contribution in [2.75, 3.05) is 10.5 Å². The van der Waals surface area contributed by atoms with Crippen molar-refractivity contribution >= 4 is 33.0 Å².